The van der Waals surface area contributed by atoms with Crippen LogP contribution in [0.3, 0.4) is 0 Å². The van der Waals surface area contributed by atoms with Gasteiger partial charge in [0.05, 0.1) is 23.2 Å². The summed E-state index contributed by atoms with van der Waals surface area (Å²) < 4.78 is 0. The average Bonchev–Trinajstić information content (AvgIpc) is 2.49. The normalized spacial score (nSPS) is 23.0. The molecule has 1 aliphatic heterocycles. The maximum absolute atomic E-state index is 12.6. The lowest BCUT2D eigenvalue weighted by atomic mass is 9.99. The number of likely N-dealkylation sites (tertiary alicyclic amines) is 1. The van der Waals surface area contributed by atoms with Gasteiger partial charge in [-0.2, -0.15) is 0 Å². The van der Waals surface area contributed by atoms with Crippen LogP contribution in [-0.4, -0.2) is 44.6 Å². The van der Waals surface area contributed by atoms with Gasteiger partial charge in [-0.15, -0.1) is 0 Å². The molecule has 2 atom stereocenters. The van der Waals surface area contributed by atoms with Gasteiger partial charge in [-0.25, -0.2) is 0 Å². The number of aliphatic hydroxyl groups excluding tert-OH is 1. The molecule has 5 heteroatoms. The predicted molar refractivity (Wildman–Crippen MR) is 75.3 cm³/mol. The molecular weight excluding hydrogens is 254 g/mol. The minimum absolute atomic E-state index is 0.0520. The number of carbonyl (C=O) groups excluding carboxylic acids is 1. The van der Waals surface area contributed by atoms with Crippen LogP contribution in [0.15, 0.2) is 30.6 Å². The Morgan fingerprint density at radius 1 is 1.30 bits per heavy atom. The Morgan fingerprint density at radius 3 is 2.85 bits per heavy atom. The van der Waals surface area contributed by atoms with Crippen LogP contribution < -0.4 is 0 Å². The number of hydrogen-bond donors (Lipinski definition) is 1. The third-order valence-electron chi connectivity index (χ3n) is 3.92. The summed E-state index contributed by atoms with van der Waals surface area (Å²) in [6.45, 7) is 2.58. The molecule has 1 aromatic heterocycles. The summed E-state index contributed by atoms with van der Waals surface area (Å²) in [4.78, 5) is 22.7. The van der Waals surface area contributed by atoms with E-state index in [9.17, 15) is 9.90 Å². The van der Waals surface area contributed by atoms with Crippen molar-refractivity contribution >= 4 is 16.9 Å². The Bertz CT molecular complexity index is 644. The fourth-order valence-corrected chi connectivity index (χ4v) is 2.67. The zero-order chi connectivity index (χ0) is 14.1. The zero-order valence-corrected chi connectivity index (χ0v) is 11.4. The smallest absolute Gasteiger partial charge is 0.254 e. The molecule has 3 rings (SSSR count). The van der Waals surface area contributed by atoms with Crippen molar-refractivity contribution in [2.24, 2.45) is 0 Å². The molecule has 1 N–H and O–H groups in total. The molecule has 20 heavy (non-hydrogen) atoms. The summed E-state index contributed by atoms with van der Waals surface area (Å²) in [5, 5.41) is 9.90. The van der Waals surface area contributed by atoms with Gasteiger partial charge in [-0.3, -0.25) is 14.8 Å². The van der Waals surface area contributed by atoms with Crippen molar-refractivity contribution in [3.8, 4) is 0 Å². The molecule has 5 nitrogen and oxygen atoms in total. The number of carbonyl (C=O) groups is 1. The van der Waals surface area contributed by atoms with Gasteiger partial charge in [0.1, 0.15) is 0 Å². The Morgan fingerprint density at radius 2 is 2.05 bits per heavy atom. The van der Waals surface area contributed by atoms with Crippen molar-refractivity contribution in [2.75, 3.05) is 6.54 Å². The van der Waals surface area contributed by atoms with Gasteiger partial charge < -0.3 is 10.0 Å². The van der Waals surface area contributed by atoms with Gasteiger partial charge in [0.2, 0.25) is 0 Å². The monoisotopic (exact) mass is 271 g/mol. The van der Waals surface area contributed by atoms with Crippen molar-refractivity contribution in [3.05, 3.63) is 36.2 Å². The number of amides is 1. The molecule has 0 bridgehead atoms. The second-order valence-corrected chi connectivity index (χ2v) is 5.21. The van der Waals surface area contributed by atoms with E-state index in [0.29, 0.717) is 17.6 Å². The Hall–Kier alpha value is -2.01. The van der Waals surface area contributed by atoms with Gasteiger partial charge >= 0.3 is 0 Å². The van der Waals surface area contributed by atoms with Crippen LogP contribution in [0.25, 0.3) is 11.0 Å². The van der Waals surface area contributed by atoms with E-state index in [0.717, 1.165) is 18.4 Å². The lowest BCUT2D eigenvalue weighted by Crippen LogP contribution is -2.49. The molecule has 0 spiro atoms. The fraction of sp³-hybridized carbons (Fsp3) is 0.400. The highest BCUT2D eigenvalue weighted by atomic mass is 16.3. The zero-order valence-electron chi connectivity index (χ0n) is 11.4. The molecule has 2 unspecified atom stereocenters. The molecule has 2 aromatic rings. The molecule has 0 aliphatic carbocycles. The van der Waals surface area contributed by atoms with E-state index in [2.05, 4.69) is 9.97 Å². The number of piperidine rings is 1. The molecule has 1 saturated heterocycles. The molecule has 104 valence electrons. The maximum Gasteiger partial charge on any atom is 0.254 e. The molecular formula is C15H17N3O2. The number of hydrogen-bond acceptors (Lipinski definition) is 4. The van der Waals surface area contributed by atoms with E-state index in [4.69, 9.17) is 0 Å². The summed E-state index contributed by atoms with van der Waals surface area (Å²) in [6, 6.07) is 5.19. The molecule has 2 heterocycles. The average molecular weight is 271 g/mol. The largest absolute Gasteiger partial charge is 0.391 e. The van der Waals surface area contributed by atoms with Crippen LogP contribution in [-0.2, 0) is 0 Å². The van der Waals surface area contributed by atoms with Crippen molar-refractivity contribution in [2.45, 2.75) is 31.9 Å². The van der Waals surface area contributed by atoms with Gasteiger partial charge in [0, 0.05) is 24.5 Å². The Kier molecular flexibility index (Phi) is 3.36. The van der Waals surface area contributed by atoms with Crippen molar-refractivity contribution < 1.29 is 9.90 Å². The molecule has 1 fully saturated rings. The number of aromatic nitrogens is 2. The number of benzene rings is 1. The third kappa shape index (κ3) is 2.25. The lowest BCUT2D eigenvalue weighted by molar-refractivity contribution is 0.0181. The minimum atomic E-state index is -0.437. The molecule has 0 radical (unpaired) electrons. The summed E-state index contributed by atoms with van der Waals surface area (Å²) >= 11 is 0. The topological polar surface area (TPSA) is 66.3 Å². The van der Waals surface area contributed by atoms with E-state index in [1.807, 2.05) is 6.92 Å². The predicted octanol–water partition coefficient (Wildman–Crippen LogP) is 1.62. The highest BCUT2D eigenvalue weighted by Crippen LogP contribution is 2.21. The Balaban J connectivity index is 1.91. The first-order valence-electron chi connectivity index (χ1n) is 6.86. The summed E-state index contributed by atoms with van der Waals surface area (Å²) in [7, 11) is 0. The van der Waals surface area contributed by atoms with Gasteiger partial charge in [0.25, 0.3) is 5.91 Å². The molecule has 1 amide bonds. The molecule has 1 aliphatic rings. The van der Waals surface area contributed by atoms with Crippen LogP contribution in [0, 0.1) is 0 Å². The van der Waals surface area contributed by atoms with E-state index < -0.39 is 6.10 Å². The minimum Gasteiger partial charge on any atom is -0.391 e. The Labute approximate surface area is 117 Å². The van der Waals surface area contributed by atoms with Crippen LogP contribution >= 0.6 is 0 Å². The SMILES string of the molecule is CC1C(O)CCCN1C(=O)c1ccc2nccnc2c1. The van der Waals surface area contributed by atoms with Crippen molar-refractivity contribution in [3.63, 3.8) is 0 Å². The summed E-state index contributed by atoms with van der Waals surface area (Å²) in [6.07, 6.45) is 4.41. The lowest BCUT2D eigenvalue weighted by Gasteiger charge is -2.37. The van der Waals surface area contributed by atoms with Gasteiger partial charge in [-0.1, -0.05) is 0 Å². The van der Waals surface area contributed by atoms with Gasteiger partial charge in [0.15, 0.2) is 0 Å². The van der Waals surface area contributed by atoms with Crippen LogP contribution in [0.1, 0.15) is 30.1 Å². The highest BCUT2D eigenvalue weighted by Gasteiger charge is 2.30. The second kappa shape index (κ2) is 5.17. The first-order chi connectivity index (χ1) is 9.66. The summed E-state index contributed by atoms with van der Waals surface area (Å²) in [5.41, 5.74) is 2.08. The van der Waals surface area contributed by atoms with Crippen molar-refractivity contribution in [1.29, 1.82) is 0 Å². The standard InChI is InChI=1S/C15H17N3O2/c1-10-14(19)3-2-8-18(10)15(20)11-4-5-12-13(9-11)17-7-6-16-12/h4-7,9-10,14,19H,2-3,8H2,1H3. The second-order valence-electron chi connectivity index (χ2n) is 5.21. The number of nitrogens with zero attached hydrogens (tertiary/aromatic N) is 3. The van der Waals surface area contributed by atoms with E-state index in [-0.39, 0.29) is 11.9 Å². The highest BCUT2D eigenvalue weighted by molar-refractivity contribution is 5.97. The molecule has 0 saturated carbocycles. The molecule has 1 aromatic carbocycles. The first-order valence-corrected chi connectivity index (χ1v) is 6.86. The number of fused-ring (bicyclic) bond motifs is 1. The van der Waals surface area contributed by atoms with E-state index in [1.54, 1.807) is 35.5 Å². The fourth-order valence-electron chi connectivity index (χ4n) is 2.67. The third-order valence-corrected chi connectivity index (χ3v) is 3.92. The maximum atomic E-state index is 12.6. The number of rotatable bonds is 1. The van der Waals surface area contributed by atoms with Crippen LogP contribution in [0.4, 0.5) is 0 Å². The van der Waals surface area contributed by atoms with Crippen LogP contribution in [0.5, 0.6) is 0 Å². The van der Waals surface area contributed by atoms with E-state index in [1.165, 1.54) is 0 Å². The first kappa shape index (κ1) is 13.0. The quantitative estimate of drug-likeness (QED) is 0.855. The van der Waals surface area contributed by atoms with Gasteiger partial charge in [-0.05, 0) is 38.0 Å². The van der Waals surface area contributed by atoms with Crippen LogP contribution in [0.2, 0.25) is 0 Å². The van der Waals surface area contributed by atoms with E-state index >= 15 is 0 Å². The van der Waals surface area contributed by atoms with Crippen molar-refractivity contribution in [1.82, 2.24) is 14.9 Å². The summed E-state index contributed by atoms with van der Waals surface area (Å²) in [5.74, 6) is -0.0520. The number of aliphatic hydroxyl groups is 1.